The molecule has 1 aromatic carbocycles. The Kier molecular flexibility index (Phi) is 6.54. The largest absolute Gasteiger partial charge is 0.379 e. The number of carbonyl (C=O) groups is 1. The van der Waals surface area contributed by atoms with Crippen LogP contribution >= 0.6 is 0 Å². The molecule has 2 heterocycles. The van der Waals surface area contributed by atoms with E-state index >= 15 is 0 Å². The highest BCUT2D eigenvalue weighted by atomic mass is 16.5. The summed E-state index contributed by atoms with van der Waals surface area (Å²) >= 11 is 0. The minimum absolute atomic E-state index is 0.0762. The Bertz CT molecular complexity index is 889. The van der Waals surface area contributed by atoms with Crippen LogP contribution in [0.3, 0.4) is 0 Å². The van der Waals surface area contributed by atoms with Gasteiger partial charge in [-0.15, -0.1) is 0 Å². The normalized spacial score (nSPS) is 18.4. The second-order valence-electron chi connectivity index (χ2n) is 8.81. The van der Waals surface area contributed by atoms with E-state index in [0.717, 1.165) is 57.4 Å². The third-order valence-corrected chi connectivity index (χ3v) is 6.28. The lowest BCUT2D eigenvalue weighted by molar-refractivity contribution is 0.0726. The van der Waals surface area contributed by atoms with Gasteiger partial charge in [0.15, 0.2) is 5.69 Å². The maximum atomic E-state index is 13.4. The molecule has 4 rings (SSSR count). The van der Waals surface area contributed by atoms with Crippen molar-refractivity contribution < 1.29 is 9.53 Å². The van der Waals surface area contributed by atoms with E-state index in [1.54, 1.807) is 0 Å². The zero-order valence-corrected chi connectivity index (χ0v) is 18.5. The molecule has 162 valence electrons. The van der Waals surface area contributed by atoms with Crippen LogP contribution in [0, 0.1) is 0 Å². The summed E-state index contributed by atoms with van der Waals surface area (Å²) in [5, 5.41) is 8.33. The fourth-order valence-corrected chi connectivity index (χ4v) is 4.65. The van der Waals surface area contributed by atoms with Gasteiger partial charge in [-0.05, 0) is 63.6 Å². The molecule has 0 radical (unpaired) electrons. The summed E-state index contributed by atoms with van der Waals surface area (Å²) in [6.07, 6.45) is 5.14. The molecule has 1 N–H and O–H groups in total. The first-order valence-electron chi connectivity index (χ1n) is 11.3. The van der Waals surface area contributed by atoms with E-state index in [9.17, 15) is 4.79 Å². The molecule has 1 amide bonds. The molecule has 2 aromatic rings. The second-order valence-corrected chi connectivity index (χ2v) is 8.81. The quantitative estimate of drug-likeness (QED) is 0.713. The minimum Gasteiger partial charge on any atom is -0.379 e. The number of fused-ring (bicyclic) bond motifs is 2. The van der Waals surface area contributed by atoms with E-state index in [1.807, 2.05) is 16.6 Å². The third-order valence-electron chi connectivity index (χ3n) is 6.28. The molecule has 1 atom stereocenters. The molecular weight excluding hydrogens is 376 g/mol. The lowest BCUT2D eigenvalue weighted by atomic mass is 9.90. The standard InChI is InChI=1S/C24H34N4O2/c1-17(2)30-14-6-12-25-20-9-10-22-21(15-20)23(26-27(22)3)24(29)28-13-11-18-7-4-5-8-19(18)16-28/h4-5,7-8,17,20,25H,6,9-16H2,1-3H3. The van der Waals surface area contributed by atoms with Crippen molar-refractivity contribution in [2.45, 2.75) is 64.6 Å². The number of nitrogens with one attached hydrogen (secondary N) is 1. The van der Waals surface area contributed by atoms with Crippen molar-refractivity contribution in [1.29, 1.82) is 0 Å². The zero-order valence-electron chi connectivity index (χ0n) is 18.5. The van der Waals surface area contributed by atoms with Crippen molar-refractivity contribution in [2.75, 3.05) is 19.7 Å². The predicted molar refractivity (Wildman–Crippen MR) is 118 cm³/mol. The third kappa shape index (κ3) is 4.60. The average molecular weight is 411 g/mol. The minimum atomic E-state index is 0.0762. The first-order chi connectivity index (χ1) is 14.5. The highest BCUT2D eigenvalue weighted by Crippen LogP contribution is 2.27. The number of aryl methyl sites for hydroxylation is 1. The maximum Gasteiger partial charge on any atom is 0.274 e. The van der Waals surface area contributed by atoms with Gasteiger partial charge >= 0.3 is 0 Å². The van der Waals surface area contributed by atoms with Gasteiger partial charge in [0.1, 0.15) is 0 Å². The fraction of sp³-hybridized carbons (Fsp3) is 0.583. The second kappa shape index (κ2) is 9.31. The molecule has 30 heavy (non-hydrogen) atoms. The van der Waals surface area contributed by atoms with Crippen molar-refractivity contribution >= 4 is 5.91 Å². The van der Waals surface area contributed by atoms with E-state index in [1.165, 1.54) is 16.8 Å². The van der Waals surface area contributed by atoms with Gasteiger partial charge in [0.25, 0.3) is 5.91 Å². The van der Waals surface area contributed by atoms with Crippen LogP contribution in [0.15, 0.2) is 24.3 Å². The van der Waals surface area contributed by atoms with E-state index in [0.29, 0.717) is 18.3 Å². The van der Waals surface area contributed by atoms with Crippen molar-refractivity contribution in [3.05, 3.63) is 52.3 Å². The van der Waals surface area contributed by atoms with E-state index in [-0.39, 0.29) is 12.0 Å². The van der Waals surface area contributed by atoms with Gasteiger partial charge in [0, 0.05) is 44.0 Å². The van der Waals surface area contributed by atoms with E-state index in [2.05, 4.69) is 48.5 Å². The Labute approximate surface area is 179 Å². The lowest BCUT2D eigenvalue weighted by Gasteiger charge is -2.29. The summed E-state index contributed by atoms with van der Waals surface area (Å²) in [6, 6.07) is 8.83. The Morgan fingerprint density at radius 2 is 2.07 bits per heavy atom. The van der Waals surface area contributed by atoms with Crippen LogP contribution in [0.25, 0.3) is 0 Å². The summed E-state index contributed by atoms with van der Waals surface area (Å²) in [7, 11) is 1.97. The molecule has 0 bridgehead atoms. The number of ether oxygens (including phenoxy) is 1. The highest BCUT2D eigenvalue weighted by Gasteiger charge is 2.31. The average Bonchev–Trinajstić information content (AvgIpc) is 3.08. The van der Waals surface area contributed by atoms with Crippen molar-refractivity contribution in [1.82, 2.24) is 20.0 Å². The summed E-state index contributed by atoms with van der Waals surface area (Å²) in [5.41, 5.74) is 5.63. The smallest absolute Gasteiger partial charge is 0.274 e. The van der Waals surface area contributed by atoms with Crippen LogP contribution < -0.4 is 5.32 Å². The Balaban J connectivity index is 1.41. The Morgan fingerprint density at radius 3 is 2.87 bits per heavy atom. The molecule has 1 unspecified atom stereocenters. The number of amides is 1. The molecule has 6 nitrogen and oxygen atoms in total. The molecule has 0 saturated heterocycles. The van der Waals surface area contributed by atoms with Gasteiger partial charge in [-0.25, -0.2) is 0 Å². The van der Waals surface area contributed by atoms with Gasteiger partial charge in [0.05, 0.1) is 6.10 Å². The number of rotatable bonds is 7. The van der Waals surface area contributed by atoms with Gasteiger partial charge in [0.2, 0.25) is 0 Å². The van der Waals surface area contributed by atoms with Crippen molar-refractivity contribution in [2.24, 2.45) is 7.05 Å². The number of benzene rings is 1. The molecule has 0 fully saturated rings. The van der Waals surface area contributed by atoms with Crippen LogP contribution in [-0.4, -0.2) is 52.4 Å². The fourth-order valence-electron chi connectivity index (χ4n) is 4.65. The van der Waals surface area contributed by atoms with Crippen LogP contribution in [0.1, 0.15) is 59.6 Å². The number of hydrogen-bond donors (Lipinski definition) is 1. The maximum absolute atomic E-state index is 13.4. The van der Waals surface area contributed by atoms with Crippen molar-refractivity contribution in [3.63, 3.8) is 0 Å². The number of nitrogens with zero attached hydrogens (tertiary/aromatic N) is 3. The predicted octanol–water partition coefficient (Wildman–Crippen LogP) is 2.88. The first-order valence-corrected chi connectivity index (χ1v) is 11.3. The van der Waals surface area contributed by atoms with Crippen molar-refractivity contribution in [3.8, 4) is 0 Å². The van der Waals surface area contributed by atoms with Crippen LogP contribution in [0.4, 0.5) is 0 Å². The zero-order chi connectivity index (χ0) is 21.1. The van der Waals surface area contributed by atoms with Gasteiger partial charge in [-0.2, -0.15) is 5.10 Å². The van der Waals surface area contributed by atoms with Gasteiger partial charge < -0.3 is 15.0 Å². The summed E-state index contributed by atoms with van der Waals surface area (Å²) in [5.74, 6) is 0.0762. The number of hydrogen-bond acceptors (Lipinski definition) is 4. The number of aromatic nitrogens is 2. The summed E-state index contributed by atoms with van der Waals surface area (Å²) in [4.78, 5) is 15.3. The molecule has 2 aliphatic rings. The molecular formula is C24H34N4O2. The van der Waals surface area contributed by atoms with Crippen LogP contribution in [0.5, 0.6) is 0 Å². The first kappa shape index (κ1) is 21.1. The lowest BCUT2D eigenvalue weighted by Crippen LogP contribution is -2.38. The van der Waals surface area contributed by atoms with Crippen LogP contribution in [-0.2, 0) is 37.6 Å². The highest BCUT2D eigenvalue weighted by molar-refractivity contribution is 5.94. The topological polar surface area (TPSA) is 59.4 Å². The van der Waals surface area contributed by atoms with Gasteiger partial charge in [-0.3, -0.25) is 9.48 Å². The Hall–Kier alpha value is -2.18. The van der Waals surface area contributed by atoms with Gasteiger partial charge in [-0.1, -0.05) is 24.3 Å². The summed E-state index contributed by atoms with van der Waals surface area (Å²) < 4.78 is 7.55. The molecule has 0 saturated carbocycles. The van der Waals surface area contributed by atoms with E-state index in [4.69, 9.17) is 4.74 Å². The van der Waals surface area contributed by atoms with E-state index < -0.39 is 0 Å². The van der Waals surface area contributed by atoms with Crippen LogP contribution in [0.2, 0.25) is 0 Å². The molecule has 1 aliphatic heterocycles. The molecule has 6 heteroatoms. The SMILES string of the molecule is CC(C)OCCCNC1CCc2c(c(C(=O)N3CCc4ccccc4C3)nn2C)C1. The molecule has 1 aromatic heterocycles. The monoisotopic (exact) mass is 410 g/mol. The Morgan fingerprint density at radius 1 is 1.27 bits per heavy atom. The number of carbonyl (C=O) groups excluding carboxylic acids is 1. The molecule has 0 spiro atoms. The summed E-state index contributed by atoms with van der Waals surface area (Å²) in [6.45, 7) is 7.31. The molecule has 1 aliphatic carbocycles.